The Morgan fingerprint density at radius 3 is 2.64 bits per heavy atom. The Hall–Kier alpha value is -0.870. The molecule has 0 spiro atoms. The first-order valence-electron chi connectivity index (χ1n) is 4.36. The number of halogens is 1. The maximum atomic E-state index is 9.03. The molecule has 0 unspecified atom stereocenters. The van der Waals surface area contributed by atoms with Crippen molar-refractivity contribution in [2.24, 2.45) is 5.41 Å². The van der Waals surface area contributed by atoms with Crippen molar-refractivity contribution in [2.45, 2.75) is 13.8 Å². The molecule has 1 heterocycles. The number of aliphatic hydroxyl groups is 1. The van der Waals surface area contributed by atoms with Crippen LogP contribution >= 0.6 is 11.6 Å². The summed E-state index contributed by atoms with van der Waals surface area (Å²) in [5, 5.41) is 12.4. The maximum Gasteiger partial charge on any atom is 0.171 e. The highest BCUT2D eigenvalue weighted by atomic mass is 35.5. The Morgan fingerprint density at radius 1 is 1.43 bits per heavy atom. The molecule has 78 valence electrons. The third-order valence-corrected chi connectivity index (χ3v) is 2.09. The number of aromatic nitrogens is 2. The van der Waals surface area contributed by atoms with Gasteiger partial charge in [0.25, 0.3) is 0 Å². The van der Waals surface area contributed by atoms with Gasteiger partial charge < -0.3 is 10.4 Å². The van der Waals surface area contributed by atoms with Crippen LogP contribution in [0.4, 0.5) is 5.82 Å². The van der Waals surface area contributed by atoms with Crippen LogP contribution < -0.4 is 5.32 Å². The summed E-state index contributed by atoms with van der Waals surface area (Å²) in [6, 6.07) is 0. The van der Waals surface area contributed by atoms with Crippen molar-refractivity contribution in [3.8, 4) is 0 Å². The van der Waals surface area contributed by atoms with Gasteiger partial charge >= 0.3 is 0 Å². The second-order valence-electron chi connectivity index (χ2n) is 3.87. The molecule has 0 amide bonds. The minimum Gasteiger partial charge on any atom is -0.396 e. The number of hydrogen-bond donors (Lipinski definition) is 2. The molecule has 2 N–H and O–H groups in total. The predicted molar refractivity (Wildman–Crippen MR) is 56.4 cm³/mol. The lowest BCUT2D eigenvalue weighted by atomic mass is 9.95. The van der Waals surface area contributed by atoms with Crippen molar-refractivity contribution >= 4 is 17.4 Å². The van der Waals surface area contributed by atoms with E-state index >= 15 is 0 Å². The molecule has 0 aliphatic heterocycles. The summed E-state index contributed by atoms with van der Waals surface area (Å²) in [6.07, 6.45) is 3.10. The van der Waals surface area contributed by atoms with E-state index in [1.807, 2.05) is 13.8 Å². The molecular weight excluding hydrogens is 202 g/mol. The SMILES string of the molecule is CC(C)(CO)CNc1nccnc1Cl. The van der Waals surface area contributed by atoms with Gasteiger partial charge in [-0.25, -0.2) is 9.97 Å². The molecule has 0 bridgehead atoms. The van der Waals surface area contributed by atoms with Gasteiger partial charge in [0.15, 0.2) is 11.0 Å². The lowest BCUT2D eigenvalue weighted by Gasteiger charge is -2.22. The Kier molecular flexibility index (Phi) is 3.66. The topological polar surface area (TPSA) is 58.0 Å². The van der Waals surface area contributed by atoms with Crippen LogP contribution in [0.5, 0.6) is 0 Å². The molecule has 0 aliphatic rings. The summed E-state index contributed by atoms with van der Waals surface area (Å²) >= 11 is 5.80. The fraction of sp³-hybridized carbons (Fsp3) is 0.556. The Labute approximate surface area is 88.3 Å². The minimum atomic E-state index is -0.194. The first kappa shape index (κ1) is 11.2. The number of anilines is 1. The van der Waals surface area contributed by atoms with Crippen molar-refractivity contribution in [3.63, 3.8) is 0 Å². The van der Waals surface area contributed by atoms with Crippen molar-refractivity contribution in [1.82, 2.24) is 9.97 Å². The summed E-state index contributed by atoms with van der Waals surface area (Å²) in [7, 11) is 0. The zero-order chi connectivity index (χ0) is 10.6. The van der Waals surface area contributed by atoms with Crippen LogP contribution in [0.25, 0.3) is 0 Å². The number of aliphatic hydroxyl groups excluding tert-OH is 1. The average Bonchev–Trinajstić information content (AvgIpc) is 2.17. The Morgan fingerprint density at radius 2 is 2.07 bits per heavy atom. The van der Waals surface area contributed by atoms with Crippen molar-refractivity contribution in [2.75, 3.05) is 18.5 Å². The molecule has 4 nitrogen and oxygen atoms in total. The Bertz CT molecular complexity index is 304. The van der Waals surface area contributed by atoms with Gasteiger partial charge in [0.2, 0.25) is 0 Å². The second-order valence-corrected chi connectivity index (χ2v) is 4.23. The van der Waals surface area contributed by atoms with Crippen LogP contribution in [-0.4, -0.2) is 28.2 Å². The summed E-state index contributed by atoms with van der Waals surface area (Å²) < 4.78 is 0. The molecule has 0 saturated carbocycles. The smallest absolute Gasteiger partial charge is 0.171 e. The third-order valence-electron chi connectivity index (χ3n) is 1.82. The average molecular weight is 216 g/mol. The molecule has 0 fully saturated rings. The zero-order valence-electron chi connectivity index (χ0n) is 8.29. The van der Waals surface area contributed by atoms with Gasteiger partial charge in [-0.3, -0.25) is 0 Å². The van der Waals surface area contributed by atoms with Gasteiger partial charge in [0.1, 0.15) is 0 Å². The molecule has 0 aromatic carbocycles. The zero-order valence-corrected chi connectivity index (χ0v) is 9.04. The summed E-state index contributed by atoms with van der Waals surface area (Å²) in [6.45, 7) is 4.61. The molecule has 5 heteroatoms. The van der Waals surface area contributed by atoms with E-state index in [0.29, 0.717) is 17.5 Å². The van der Waals surface area contributed by atoms with Crippen LogP contribution in [-0.2, 0) is 0 Å². The number of rotatable bonds is 4. The second kappa shape index (κ2) is 4.57. The molecule has 1 rings (SSSR count). The van der Waals surface area contributed by atoms with Crippen LogP contribution in [0.3, 0.4) is 0 Å². The quantitative estimate of drug-likeness (QED) is 0.801. The maximum absolute atomic E-state index is 9.03. The highest BCUT2D eigenvalue weighted by molar-refractivity contribution is 6.31. The fourth-order valence-corrected chi connectivity index (χ4v) is 0.990. The predicted octanol–water partition coefficient (Wildman–Crippen LogP) is 1.56. The molecule has 0 radical (unpaired) electrons. The summed E-state index contributed by atoms with van der Waals surface area (Å²) in [5.41, 5.74) is -0.194. The minimum absolute atomic E-state index is 0.109. The Balaban J connectivity index is 2.58. The summed E-state index contributed by atoms with van der Waals surface area (Å²) in [5.74, 6) is 0.552. The molecule has 1 aromatic heterocycles. The molecule has 0 saturated heterocycles. The normalized spacial score (nSPS) is 11.4. The lowest BCUT2D eigenvalue weighted by Crippen LogP contribution is -2.27. The van der Waals surface area contributed by atoms with Crippen LogP contribution in [0.2, 0.25) is 5.15 Å². The lowest BCUT2D eigenvalue weighted by molar-refractivity contribution is 0.170. The van der Waals surface area contributed by atoms with Crippen molar-refractivity contribution in [1.29, 1.82) is 0 Å². The van der Waals surface area contributed by atoms with Gasteiger partial charge in [-0.2, -0.15) is 0 Å². The van der Waals surface area contributed by atoms with E-state index in [-0.39, 0.29) is 12.0 Å². The molecule has 0 atom stereocenters. The standard InChI is InChI=1S/C9H14ClN3O/c1-9(2,6-14)5-13-8-7(10)11-3-4-12-8/h3-4,14H,5-6H2,1-2H3,(H,12,13). The molecular formula is C9H14ClN3O. The van der Waals surface area contributed by atoms with Gasteiger partial charge in [-0.05, 0) is 0 Å². The van der Waals surface area contributed by atoms with E-state index in [0.717, 1.165) is 0 Å². The highest BCUT2D eigenvalue weighted by Crippen LogP contribution is 2.18. The van der Waals surface area contributed by atoms with Crippen LogP contribution in [0, 0.1) is 5.41 Å². The summed E-state index contributed by atoms with van der Waals surface area (Å²) in [4.78, 5) is 7.91. The molecule has 0 aliphatic carbocycles. The van der Waals surface area contributed by atoms with E-state index in [1.54, 1.807) is 6.20 Å². The van der Waals surface area contributed by atoms with E-state index < -0.39 is 0 Å². The van der Waals surface area contributed by atoms with Gasteiger partial charge in [0.05, 0.1) is 0 Å². The van der Waals surface area contributed by atoms with Gasteiger partial charge in [-0.1, -0.05) is 25.4 Å². The van der Waals surface area contributed by atoms with Crippen LogP contribution in [0.1, 0.15) is 13.8 Å². The monoisotopic (exact) mass is 215 g/mol. The largest absolute Gasteiger partial charge is 0.396 e. The highest BCUT2D eigenvalue weighted by Gasteiger charge is 2.16. The van der Waals surface area contributed by atoms with Crippen molar-refractivity contribution < 1.29 is 5.11 Å². The first-order chi connectivity index (χ1) is 6.55. The number of nitrogens with zero attached hydrogens (tertiary/aromatic N) is 2. The third kappa shape index (κ3) is 3.12. The number of hydrogen-bond acceptors (Lipinski definition) is 4. The van der Waals surface area contributed by atoms with Crippen molar-refractivity contribution in [3.05, 3.63) is 17.5 Å². The number of nitrogens with one attached hydrogen (secondary N) is 1. The molecule has 1 aromatic rings. The van der Waals surface area contributed by atoms with E-state index in [9.17, 15) is 0 Å². The van der Waals surface area contributed by atoms with E-state index in [4.69, 9.17) is 16.7 Å². The van der Waals surface area contributed by atoms with Crippen LogP contribution in [0.15, 0.2) is 12.4 Å². The van der Waals surface area contributed by atoms with E-state index in [2.05, 4.69) is 15.3 Å². The first-order valence-corrected chi connectivity index (χ1v) is 4.74. The fourth-order valence-electron chi connectivity index (χ4n) is 0.819. The van der Waals surface area contributed by atoms with Gasteiger partial charge in [0, 0.05) is 31.0 Å². The molecule has 14 heavy (non-hydrogen) atoms. The van der Waals surface area contributed by atoms with E-state index in [1.165, 1.54) is 6.20 Å². The van der Waals surface area contributed by atoms with Gasteiger partial charge in [-0.15, -0.1) is 0 Å².